The molecule has 0 fully saturated rings. The van der Waals surface area contributed by atoms with Gasteiger partial charge in [-0.2, -0.15) is 0 Å². The molecule has 0 saturated heterocycles. The molecule has 0 heterocycles. The topological polar surface area (TPSA) is 0 Å². The maximum atomic E-state index is 5.03. The first-order chi connectivity index (χ1) is 5.22. The van der Waals surface area contributed by atoms with Gasteiger partial charge in [-0.3, -0.25) is 0 Å². The lowest BCUT2D eigenvalue weighted by atomic mass is 10.2. The fourth-order valence-electron chi connectivity index (χ4n) is 0.713. The van der Waals surface area contributed by atoms with Crippen molar-refractivity contribution in [2.75, 3.05) is 0 Å². The van der Waals surface area contributed by atoms with E-state index < -0.39 is 0 Å². The Kier molecular flexibility index (Phi) is 3.17. The quantitative estimate of drug-likeness (QED) is 0.441. The highest BCUT2D eigenvalue weighted by molar-refractivity contribution is 8.16. The van der Waals surface area contributed by atoms with Crippen LogP contribution in [0, 0.1) is 0 Å². The molecule has 0 saturated carbocycles. The second-order valence-electron chi connectivity index (χ2n) is 2.00. The van der Waals surface area contributed by atoms with E-state index in [9.17, 15) is 0 Å². The van der Waals surface area contributed by atoms with Crippen LogP contribution in [0.4, 0.5) is 0 Å². The number of thiocarbonyl (C=S) groups is 2. The molecule has 1 rings (SSSR count). The third-order valence-electron chi connectivity index (χ3n) is 1.23. The van der Waals surface area contributed by atoms with E-state index in [2.05, 4.69) is 12.6 Å². The van der Waals surface area contributed by atoms with Crippen LogP contribution < -0.4 is 0 Å². The molecule has 0 unspecified atom stereocenters. The minimum atomic E-state index is 0.478. The highest BCUT2D eigenvalue weighted by Gasteiger charge is 2.01. The number of rotatable bonds is 2. The summed E-state index contributed by atoms with van der Waals surface area (Å²) in [5.74, 6) is 0. The molecule has 0 aliphatic carbocycles. The van der Waals surface area contributed by atoms with Gasteiger partial charge in [0.25, 0.3) is 0 Å². The summed E-state index contributed by atoms with van der Waals surface area (Å²) in [4.78, 5) is 0.643. The second-order valence-corrected chi connectivity index (χ2v) is 3.57. The highest BCUT2D eigenvalue weighted by Crippen LogP contribution is 2.04. The smallest absolute Gasteiger partial charge is 0.0862 e. The summed E-state index contributed by atoms with van der Waals surface area (Å²) in [5, 5.41) is 0. The van der Waals surface area contributed by atoms with Crippen LogP contribution >= 0.6 is 37.1 Å². The zero-order chi connectivity index (χ0) is 8.27. The predicted molar refractivity (Wildman–Crippen MR) is 59.7 cm³/mol. The Morgan fingerprint density at radius 3 is 2.09 bits per heavy atom. The molecule has 11 heavy (non-hydrogen) atoms. The van der Waals surface area contributed by atoms with E-state index in [1.165, 1.54) is 0 Å². The van der Waals surface area contributed by atoms with E-state index >= 15 is 0 Å². The molecular formula is C8H6S3. The Labute approximate surface area is 82.0 Å². The van der Waals surface area contributed by atoms with Crippen molar-refractivity contribution in [2.45, 2.75) is 0 Å². The van der Waals surface area contributed by atoms with Crippen LogP contribution in [0.15, 0.2) is 30.3 Å². The van der Waals surface area contributed by atoms with E-state index in [0.29, 0.717) is 9.06 Å². The fourth-order valence-corrected chi connectivity index (χ4v) is 1.10. The van der Waals surface area contributed by atoms with Gasteiger partial charge in [-0.1, -0.05) is 54.8 Å². The van der Waals surface area contributed by atoms with Crippen molar-refractivity contribution < 1.29 is 0 Å². The zero-order valence-corrected chi connectivity index (χ0v) is 8.18. The Bertz CT molecular complexity index is 277. The molecule has 0 radical (unpaired) electrons. The average Bonchev–Trinajstić information content (AvgIpc) is 2.05. The van der Waals surface area contributed by atoms with Crippen LogP contribution in [-0.2, 0) is 0 Å². The summed E-state index contributed by atoms with van der Waals surface area (Å²) in [6, 6.07) is 9.63. The molecule has 0 aliphatic heterocycles. The van der Waals surface area contributed by atoms with Crippen molar-refractivity contribution in [3.8, 4) is 0 Å². The first-order valence-corrected chi connectivity index (χ1v) is 4.31. The Hall–Kier alpha value is -0.250. The third kappa shape index (κ3) is 2.36. The summed E-state index contributed by atoms with van der Waals surface area (Å²) < 4.78 is 0.478. The van der Waals surface area contributed by atoms with Gasteiger partial charge >= 0.3 is 0 Å². The van der Waals surface area contributed by atoms with Crippen molar-refractivity contribution in [3.05, 3.63) is 35.9 Å². The number of hydrogen-bond donors (Lipinski definition) is 1. The first-order valence-electron chi connectivity index (χ1n) is 3.04. The van der Waals surface area contributed by atoms with E-state index in [1.807, 2.05) is 30.3 Å². The summed E-state index contributed by atoms with van der Waals surface area (Å²) in [5.41, 5.74) is 0.961. The Morgan fingerprint density at radius 2 is 1.64 bits per heavy atom. The lowest BCUT2D eigenvalue weighted by Crippen LogP contribution is -2.02. The molecule has 0 amide bonds. The monoisotopic (exact) mass is 198 g/mol. The lowest BCUT2D eigenvalue weighted by Gasteiger charge is -1.98. The van der Waals surface area contributed by atoms with Crippen LogP contribution in [0.5, 0.6) is 0 Å². The van der Waals surface area contributed by atoms with Crippen LogP contribution in [0.1, 0.15) is 5.56 Å². The second kappa shape index (κ2) is 3.95. The molecule has 1 aromatic rings. The average molecular weight is 198 g/mol. The minimum absolute atomic E-state index is 0.478. The van der Waals surface area contributed by atoms with E-state index in [1.54, 1.807) is 0 Å². The van der Waals surface area contributed by atoms with Gasteiger partial charge in [0.05, 0.1) is 9.06 Å². The van der Waals surface area contributed by atoms with Crippen molar-refractivity contribution in [1.29, 1.82) is 0 Å². The maximum Gasteiger partial charge on any atom is 0.0862 e. The van der Waals surface area contributed by atoms with Gasteiger partial charge in [-0.05, 0) is 5.56 Å². The predicted octanol–water partition coefficient (Wildman–Crippen LogP) is 2.66. The summed E-state index contributed by atoms with van der Waals surface area (Å²) in [7, 11) is 0. The van der Waals surface area contributed by atoms with E-state index in [-0.39, 0.29) is 0 Å². The fraction of sp³-hybridized carbons (Fsp3) is 0. The highest BCUT2D eigenvalue weighted by atomic mass is 32.1. The van der Waals surface area contributed by atoms with Crippen LogP contribution in [0.2, 0.25) is 0 Å². The van der Waals surface area contributed by atoms with Crippen molar-refractivity contribution in [3.63, 3.8) is 0 Å². The summed E-state index contributed by atoms with van der Waals surface area (Å²) in [6.07, 6.45) is 0. The normalized spacial score (nSPS) is 9.18. The van der Waals surface area contributed by atoms with Gasteiger partial charge in [0.1, 0.15) is 0 Å². The first kappa shape index (κ1) is 8.84. The van der Waals surface area contributed by atoms with Crippen molar-refractivity contribution in [2.24, 2.45) is 0 Å². The number of benzene rings is 1. The van der Waals surface area contributed by atoms with Crippen LogP contribution in [0.3, 0.4) is 0 Å². The molecule has 1 aromatic carbocycles. The molecule has 0 nitrogen and oxygen atoms in total. The van der Waals surface area contributed by atoms with E-state index in [0.717, 1.165) is 5.56 Å². The Balaban J connectivity index is 2.95. The van der Waals surface area contributed by atoms with E-state index in [4.69, 9.17) is 24.4 Å². The maximum absolute atomic E-state index is 5.03. The molecule has 0 aromatic heterocycles. The zero-order valence-electron chi connectivity index (χ0n) is 5.65. The van der Waals surface area contributed by atoms with Gasteiger partial charge in [-0.15, -0.1) is 12.6 Å². The SMILES string of the molecule is S=C(S)C(=S)c1ccccc1. The lowest BCUT2D eigenvalue weighted by molar-refractivity contribution is 1.68. The largest absolute Gasteiger partial charge is 0.131 e. The molecule has 3 heteroatoms. The number of hydrogen-bond acceptors (Lipinski definition) is 2. The van der Waals surface area contributed by atoms with Gasteiger partial charge in [0.15, 0.2) is 0 Å². The van der Waals surface area contributed by atoms with Gasteiger partial charge < -0.3 is 0 Å². The summed E-state index contributed by atoms with van der Waals surface area (Å²) in [6.45, 7) is 0. The molecule has 0 N–H and O–H groups in total. The van der Waals surface area contributed by atoms with Crippen LogP contribution in [0.25, 0.3) is 0 Å². The number of thiol groups is 1. The third-order valence-corrected chi connectivity index (χ3v) is 2.38. The molecule has 56 valence electrons. The molecule has 0 atom stereocenters. The van der Waals surface area contributed by atoms with Gasteiger partial charge in [0.2, 0.25) is 0 Å². The molecule has 0 aliphatic rings. The van der Waals surface area contributed by atoms with Gasteiger partial charge in [0, 0.05) is 0 Å². The molecule has 0 spiro atoms. The molecular weight excluding hydrogens is 192 g/mol. The summed E-state index contributed by atoms with van der Waals surface area (Å²) >= 11 is 13.8. The Morgan fingerprint density at radius 1 is 1.09 bits per heavy atom. The van der Waals surface area contributed by atoms with Gasteiger partial charge in [-0.25, -0.2) is 0 Å². The minimum Gasteiger partial charge on any atom is -0.131 e. The van der Waals surface area contributed by atoms with Crippen LogP contribution in [-0.4, -0.2) is 9.06 Å². The van der Waals surface area contributed by atoms with Crippen molar-refractivity contribution >= 4 is 46.1 Å². The van der Waals surface area contributed by atoms with Crippen molar-refractivity contribution in [1.82, 2.24) is 0 Å². The molecule has 0 bridgehead atoms. The standard InChI is InChI=1S/C8H6S3/c9-7(8(10)11)6-4-2-1-3-5-6/h1-5H,(H,10,11).